The van der Waals surface area contributed by atoms with Crippen molar-refractivity contribution in [2.24, 2.45) is 0 Å². The van der Waals surface area contributed by atoms with Gasteiger partial charge in [0, 0.05) is 29.8 Å². The van der Waals surface area contributed by atoms with Crippen LogP contribution in [-0.4, -0.2) is 25.2 Å². The van der Waals surface area contributed by atoms with Crippen molar-refractivity contribution in [3.63, 3.8) is 0 Å². The van der Waals surface area contributed by atoms with E-state index in [1.807, 2.05) is 31.2 Å². The van der Waals surface area contributed by atoms with Crippen molar-refractivity contribution in [1.82, 2.24) is 5.32 Å². The molecule has 1 heterocycles. The molecule has 5 heteroatoms. The predicted octanol–water partition coefficient (Wildman–Crippen LogP) is 4.66. The molecule has 2 aromatic rings. The van der Waals surface area contributed by atoms with Gasteiger partial charge in [-0.3, -0.25) is 4.79 Å². The van der Waals surface area contributed by atoms with Crippen LogP contribution in [0, 0.1) is 5.82 Å². The van der Waals surface area contributed by atoms with Gasteiger partial charge in [-0.1, -0.05) is 41.9 Å². The van der Waals surface area contributed by atoms with Crippen LogP contribution >= 0.6 is 11.6 Å². The third-order valence-corrected chi connectivity index (χ3v) is 5.58. The summed E-state index contributed by atoms with van der Waals surface area (Å²) in [7, 11) is 0. The molecule has 0 spiro atoms. The van der Waals surface area contributed by atoms with E-state index in [1.54, 1.807) is 18.2 Å². The van der Waals surface area contributed by atoms with Crippen LogP contribution in [-0.2, 0) is 21.4 Å². The van der Waals surface area contributed by atoms with Gasteiger partial charge in [-0.15, -0.1) is 0 Å². The van der Waals surface area contributed by atoms with Crippen LogP contribution in [0.2, 0.25) is 5.02 Å². The molecule has 144 valence electrons. The van der Waals surface area contributed by atoms with Crippen molar-refractivity contribution in [2.45, 2.75) is 44.1 Å². The summed E-state index contributed by atoms with van der Waals surface area (Å²) in [6.45, 7) is 2.91. The molecule has 1 aliphatic heterocycles. The molecule has 1 atom stereocenters. The average molecular weight is 390 g/mol. The second-order valence-corrected chi connectivity index (χ2v) is 7.65. The van der Waals surface area contributed by atoms with E-state index >= 15 is 0 Å². The zero-order valence-electron chi connectivity index (χ0n) is 15.5. The van der Waals surface area contributed by atoms with Gasteiger partial charge in [0.2, 0.25) is 5.91 Å². The molecule has 1 aliphatic rings. The van der Waals surface area contributed by atoms with E-state index < -0.39 is 5.41 Å². The van der Waals surface area contributed by atoms with Gasteiger partial charge in [0.1, 0.15) is 5.82 Å². The first-order valence-electron chi connectivity index (χ1n) is 9.39. The highest BCUT2D eigenvalue weighted by Crippen LogP contribution is 2.36. The zero-order valence-corrected chi connectivity index (χ0v) is 16.3. The van der Waals surface area contributed by atoms with Crippen LogP contribution in [0.15, 0.2) is 48.5 Å². The van der Waals surface area contributed by atoms with Crippen molar-refractivity contribution in [1.29, 1.82) is 0 Å². The fourth-order valence-electron chi connectivity index (χ4n) is 3.66. The van der Waals surface area contributed by atoms with Crippen LogP contribution in [0.3, 0.4) is 0 Å². The summed E-state index contributed by atoms with van der Waals surface area (Å²) in [6, 6.07) is 14.3. The molecule has 2 aromatic carbocycles. The van der Waals surface area contributed by atoms with Crippen LogP contribution < -0.4 is 5.32 Å². The maximum Gasteiger partial charge on any atom is 0.231 e. The monoisotopic (exact) mass is 389 g/mol. The van der Waals surface area contributed by atoms with Crippen molar-refractivity contribution < 1.29 is 13.9 Å². The van der Waals surface area contributed by atoms with Gasteiger partial charge in [-0.2, -0.15) is 0 Å². The van der Waals surface area contributed by atoms with Gasteiger partial charge in [0.05, 0.1) is 5.41 Å². The average Bonchev–Trinajstić information content (AvgIpc) is 2.68. The molecule has 3 nitrogen and oxygen atoms in total. The third-order valence-electron chi connectivity index (χ3n) is 5.33. The Labute approximate surface area is 164 Å². The zero-order chi connectivity index (χ0) is 19.3. The summed E-state index contributed by atoms with van der Waals surface area (Å²) in [4.78, 5) is 13.2. The van der Waals surface area contributed by atoms with Gasteiger partial charge in [0.25, 0.3) is 0 Å². The normalized spacial score (nSPS) is 17.3. The van der Waals surface area contributed by atoms with E-state index in [4.69, 9.17) is 16.3 Å². The topological polar surface area (TPSA) is 38.3 Å². The van der Waals surface area contributed by atoms with Crippen LogP contribution in [0.5, 0.6) is 0 Å². The Balaban J connectivity index is 1.69. The van der Waals surface area contributed by atoms with E-state index in [1.165, 1.54) is 11.6 Å². The first kappa shape index (κ1) is 19.8. The standard InChI is InChI=1S/C22H25ClFNO2/c1-16(6-7-17-8-10-18(23)11-9-17)25-21(26)22(12-14-27-15-13-22)19-4-2-3-5-20(19)24/h2-5,8-11,16H,6-7,12-15H2,1H3,(H,25,26)/t16-/m0/s1. The molecule has 0 aromatic heterocycles. The number of hydrogen-bond donors (Lipinski definition) is 1. The molecular weight excluding hydrogens is 365 g/mol. The lowest BCUT2D eigenvalue weighted by molar-refractivity contribution is -0.131. The number of hydrogen-bond acceptors (Lipinski definition) is 2. The molecule has 27 heavy (non-hydrogen) atoms. The first-order chi connectivity index (χ1) is 13.0. The molecule has 3 rings (SSSR count). The second kappa shape index (κ2) is 8.85. The highest BCUT2D eigenvalue weighted by Gasteiger charge is 2.43. The van der Waals surface area contributed by atoms with Crippen molar-refractivity contribution in [2.75, 3.05) is 13.2 Å². The smallest absolute Gasteiger partial charge is 0.231 e. The summed E-state index contributed by atoms with van der Waals surface area (Å²) in [5, 5.41) is 3.82. The molecule has 1 N–H and O–H groups in total. The Hall–Kier alpha value is -1.91. The Morgan fingerprint density at radius 1 is 1.19 bits per heavy atom. The minimum Gasteiger partial charge on any atom is -0.381 e. The largest absolute Gasteiger partial charge is 0.381 e. The summed E-state index contributed by atoms with van der Waals surface area (Å²) in [5.74, 6) is -0.442. The van der Waals surface area contributed by atoms with E-state index in [0.29, 0.717) is 36.6 Å². The quantitative estimate of drug-likeness (QED) is 0.780. The summed E-state index contributed by atoms with van der Waals surface area (Å²) in [5.41, 5.74) is 0.782. The molecule has 0 radical (unpaired) electrons. The van der Waals surface area contributed by atoms with Crippen LogP contribution in [0.4, 0.5) is 4.39 Å². The number of carbonyl (C=O) groups excluding carboxylic acids is 1. The minimum atomic E-state index is -0.863. The molecule has 1 amide bonds. The molecule has 0 aliphatic carbocycles. The van der Waals surface area contributed by atoms with E-state index in [0.717, 1.165) is 12.8 Å². The molecule has 1 saturated heterocycles. The maximum atomic E-state index is 14.5. The lowest BCUT2D eigenvalue weighted by atomic mass is 9.73. The fourth-order valence-corrected chi connectivity index (χ4v) is 3.78. The number of amides is 1. The molecule has 0 bridgehead atoms. The van der Waals surface area contributed by atoms with E-state index in [-0.39, 0.29) is 17.8 Å². The van der Waals surface area contributed by atoms with Crippen molar-refractivity contribution >= 4 is 17.5 Å². The Morgan fingerprint density at radius 3 is 2.52 bits per heavy atom. The number of halogens is 2. The van der Waals surface area contributed by atoms with Gasteiger partial charge in [0.15, 0.2) is 0 Å². The van der Waals surface area contributed by atoms with Crippen molar-refractivity contribution in [3.05, 3.63) is 70.5 Å². The maximum absolute atomic E-state index is 14.5. The second-order valence-electron chi connectivity index (χ2n) is 7.21. The third kappa shape index (κ3) is 4.69. The first-order valence-corrected chi connectivity index (χ1v) is 9.77. The number of carbonyl (C=O) groups is 1. The summed E-state index contributed by atoms with van der Waals surface area (Å²) >= 11 is 5.92. The SMILES string of the molecule is C[C@@H](CCc1ccc(Cl)cc1)NC(=O)C1(c2ccccc2F)CCOCC1. The van der Waals surface area contributed by atoms with Gasteiger partial charge in [-0.05, 0) is 56.4 Å². The lowest BCUT2D eigenvalue weighted by Gasteiger charge is -2.37. The number of ether oxygens (including phenoxy) is 1. The highest BCUT2D eigenvalue weighted by molar-refractivity contribution is 6.30. The Bertz CT molecular complexity index is 772. The Morgan fingerprint density at radius 2 is 1.85 bits per heavy atom. The molecular formula is C22H25ClFNO2. The molecule has 0 saturated carbocycles. The van der Waals surface area contributed by atoms with E-state index in [2.05, 4.69) is 5.32 Å². The summed E-state index contributed by atoms with van der Waals surface area (Å²) < 4.78 is 19.9. The highest BCUT2D eigenvalue weighted by atomic mass is 35.5. The number of rotatable bonds is 6. The number of nitrogens with one attached hydrogen (secondary N) is 1. The van der Waals surface area contributed by atoms with Crippen LogP contribution in [0.1, 0.15) is 37.3 Å². The molecule has 1 fully saturated rings. The number of aryl methyl sites for hydroxylation is 1. The molecule has 0 unspecified atom stereocenters. The van der Waals surface area contributed by atoms with Crippen molar-refractivity contribution in [3.8, 4) is 0 Å². The van der Waals surface area contributed by atoms with E-state index in [9.17, 15) is 9.18 Å². The van der Waals surface area contributed by atoms with Gasteiger partial charge < -0.3 is 10.1 Å². The number of benzene rings is 2. The predicted molar refractivity (Wildman–Crippen MR) is 106 cm³/mol. The van der Waals surface area contributed by atoms with Gasteiger partial charge in [-0.25, -0.2) is 4.39 Å². The van der Waals surface area contributed by atoms with Crippen LogP contribution in [0.25, 0.3) is 0 Å². The Kier molecular flexibility index (Phi) is 6.51. The fraction of sp³-hybridized carbons (Fsp3) is 0.409. The summed E-state index contributed by atoms with van der Waals surface area (Å²) in [6.07, 6.45) is 2.62. The minimum absolute atomic E-state index is 0.0142. The lowest BCUT2D eigenvalue weighted by Crippen LogP contribution is -2.50. The van der Waals surface area contributed by atoms with Gasteiger partial charge >= 0.3 is 0 Å².